The molecule has 0 saturated carbocycles. The molecule has 3 aromatic rings. The Morgan fingerprint density at radius 3 is 2.24 bits per heavy atom. The van der Waals surface area contributed by atoms with Gasteiger partial charge in [-0.15, -0.1) is 0 Å². The summed E-state index contributed by atoms with van der Waals surface area (Å²) in [6.07, 6.45) is 1.17. The number of hydrogen-bond donors (Lipinski definition) is 1. The summed E-state index contributed by atoms with van der Waals surface area (Å²) < 4.78 is 30.9. The SMILES string of the molecule is COC(=O)c1cccc(NC(=O)c2ccc(CN(c3cccc(C)c3)S(C)(=O)=O)cc2)c1C. The fourth-order valence-corrected chi connectivity index (χ4v) is 4.29. The largest absolute Gasteiger partial charge is 0.465 e. The molecule has 0 unspecified atom stereocenters. The van der Waals surface area contributed by atoms with Crippen LogP contribution in [0.4, 0.5) is 11.4 Å². The van der Waals surface area contributed by atoms with Crippen LogP contribution in [0.5, 0.6) is 0 Å². The number of rotatable bonds is 7. The van der Waals surface area contributed by atoms with Gasteiger partial charge < -0.3 is 10.1 Å². The molecule has 0 atom stereocenters. The summed E-state index contributed by atoms with van der Waals surface area (Å²) in [5.74, 6) is -0.817. The Morgan fingerprint density at radius 2 is 1.64 bits per heavy atom. The van der Waals surface area contributed by atoms with Crippen molar-refractivity contribution in [2.75, 3.05) is 23.0 Å². The van der Waals surface area contributed by atoms with E-state index in [0.29, 0.717) is 28.1 Å². The lowest BCUT2D eigenvalue weighted by atomic mass is 10.1. The summed E-state index contributed by atoms with van der Waals surface area (Å²) >= 11 is 0. The van der Waals surface area contributed by atoms with Crippen molar-refractivity contribution >= 4 is 33.3 Å². The second-order valence-corrected chi connectivity index (χ2v) is 9.64. The zero-order valence-corrected chi connectivity index (χ0v) is 19.8. The van der Waals surface area contributed by atoms with E-state index in [9.17, 15) is 18.0 Å². The van der Waals surface area contributed by atoms with E-state index < -0.39 is 16.0 Å². The number of sulfonamides is 1. The summed E-state index contributed by atoms with van der Waals surface area (Å²) in [5.41, 5.74) is 4.18. The Morgan fingerprint density at radius 1 is 0.970 bits per heavy atom. The smallest absolute Gasteiger partial charge is 0.338 e. The molecule has 7 nitrogen and oxygen atoms in total. The van der Waals surface area contributed by atoms with Crippen LogP contribution in [0.2, 0.25) is 0 Å². The molecule has 0 spiro atoms. The molecule has 0 bridgehead atoms. The minimum atomic E-state index is -3.50. The molecule has 33 heavy (non-hydrogen) atoms. The van der Waals surface area contributed by atoms with Crippen LogP contribution in [0.1, 0.15) is 37.4 Å². The highest BCUT2D eigenvalue weighted by Gasteiger charge is 2.19. The molecule has 8 heteroatoms. The highest BCUT2D eigenvalue weighted by molar-refractivity contribution is 7.92. The first-order valence-corrected chi connectivity index (χ1v) is 12.1. The number of benzene rings is 3. The number of amides is 1. The van der Waals surface area contributed by atoms with E-state index in [1.807, 2.05) is 25.1 Å². The number of ether oxygens (including phenoxy) is 1. The molecule has 0 radical (unpaired) electrons. The van der Waals surface area contributed by atoms with Gasteiger partial charge in [-0.3, -0.25) is 9.10 Å². The molecule has 1 amide bonds. The molecule has 0 saturated heterocycles. The van der Waals surface area contributed by atoms with E-state index in [4.69, 9.17) is 4.74 Å². The number of carbonyl (C=O) groups excluding carboxylic acids is 2. The van der Waals surface area contributed by atoms with Gasteiger partial charge >= 0.3 is 5.97 Å². The van der Waals surface area contributed by atoms with Crippen LogP contribution in [0.3, 0.4) is 0 Å². The van der Waals surface area contributed by atoms with Crippen LogP contribution in [0, 0.1) is 13.8 Å². The maximum Gasteiger partial charge on any atom is 0.338 e. The van der Waals surface area contributed by atoms with Gasteiger partial charge in [0.1, 0.15) is 0 Å². The Hall–Kier alpha value is -3.65. The van der Waals surface area contributed by atoms with Crippen molar-refractivity contribution in [2.24, 2.45) is 0 Å². The van der Waals surface area contributed by atoms with E-state index in [1.165, 1.54) is 17.7 Å². The van der Waals surface area contributed by atoms with Gasteiger partial charge in [0, 0.05) is 11.3 Å². The lowest BCUT2D eigenvalue weighted by Gasteiger charge is -2.23. The number of anilines is 2. The maximum absolute atomic E-state index is 12.7. The highest BCUT2D eigenvalue weighted by Crippen LogP contribution is 2.23. The van der Waals surface area contributed by atoms with Gasteiger partial charge in [0.2, 0.25) is 10.0 Å². The normalized spacial score (nSPS) is 11.0. The number of aryl methyl sites for hydroxylation is 1. The van der Waals surface area contributed by atoms with Gasteiger partial charge in [-0.2, -0.15) is 0 Å². The monoisotopic (exact) mass is 466 g/mol. The van der Waals surface area contributed by atoms with Crippen LogP contribution in [0.25, 0.3) is 0 Å². The van der Waals surface area contributed by atoms with Crippen molar-refractivity contribution in [1.82, 2.24) is 0 Å². The van der Waals surface area contributed by atoms with Crippen molar-refractivity contribution in [3.05, 3.63) is 94.5 Å². The summed E-state index contributed by atoms with van der Waals surface area (Å²) in [4.78, 5) is 24.6. The summed E-state index contributed by atoms with van der Waals surface area (Å²) in [7, 11) is -2.20. The summed E-state index contributed by atoms with van der Waals surface area (Å²) in [5, 5.41) is 2.81. The van der Waals surface area contributed by atoms with Crippen molar-refractivity contribution in [2.45, 2.75) is 20.4 Å². The highest BCUT2D eigenvalue weighted by atomic mass is 32.2. The van der Waals surface area contributed by atoms with Crippen LogP contribution in [-0.2, 0) is 21.3 Å². The second kappa shape index (κ2) is 9.87. The Balaban J connectivity index is 1.78. The van der Waals surface area contributed by atoms with Crippen LogP contribution < -0.4 is 9.62 Å². The molecule has 0 aliphatic heterocycles. The van der Waals surface area contributed by atoms with E-state index >= 15 is 0 Å². The van der Waals surface area contributed by atoms with Crippen molar-refractivity contribution in [3.8, 4) is 0 Å². The number of esters is 1. The Bertz CT molecular complexity index is 1280. The van der Waals surface area contributed by atoms with Gasteiger partial charge in [-0.1, -0.05) is 30.3 Å². The first-order chi connectivity index (χ1) is 15.6. The summed E-state index contributed by atoms with van der Waals surface area (Å²) in [6, 6.07) is 19.0. The average Bonchev–Trinajstić information content (AvgIpc) is 2.78. The van der Waals surface area contributed by atoms with Crippen LogP contribution in [0.15, 0.2) is 66.7 Å². The van der Waals surface area contributed by atoms with E-state index in [2.05, 4.69) is 5.32 Å². The number of carbonyl (C=O) groups is 2. The maximum atomic E-state index is 12.7. The minimum absolute atomic E-state index is 0.143. The molecule has 0 aliphatic carbocycles. The molecule has 0 heterocycles. The number of hydrogen-bond acceptors (Lipinski definition) is 5. The zero-order chi connectivity index (χ0) is 24.2. The molecule has 172 valence electrons. The van der Waals surface area contributed by atoms with Crippen LogP contribution >= 0.6 is 0 Å². The Kier molecular flexibility index (Phi) is 7.18. The van der Waals surface area contributed by atoms with Gasteiger partial charge in [0.15, 0.2) is 0 Å². The first-order valence-electron chi connectivity index (χ1n) is 10.2. The predicted molar refractivity (Wildman–Crippen MR) is 129 cm³/mol. The minimum Gasteiger partial charge on any atom is -0.465 e. The number of nitrogens with one attached hydrogen (secondary N) is 1. The number of methoxy groups -OCH3 is 1. The lowest BCUT2D eigenvalue weighted by molar-refractivity contribution is 0.0599. The number of nitrogens with zero attached hydrogens (tertiary/aromatic N) is 1. The van der Waals surface area contributed by atoms with Crippen molar-refractivity contribution in [1.29, 1.82) is 0 Å². The van der Waals surface area contributed by atoms with Crippen molar-refractivity contribution < 1.29 is 22.7 Å². The molecule has 0 aromatic heterocycles. The second-order valence-electron chi connectivity index (χ2n) is 7.73. The molecule has 1 N–H and O–H groups in total. The Labute approximate surface area is 194 Å². The molecule has 3 rings (SSSR count). The molecule has 0 aliphatic rings. The molecular weight excluding hydrogens is 440 g/mol. The topological polar surface area (TPSA) is 92.8 Å². The van der Waals surface area contributed by atoms with E-state index in [0.717, 1.165) is 11.1 Å². The standard InChI is InChI=1S/C25H26N2O5S/c1-17-7-5-8-21(15-17)27(33(4,30)31)16-19-11-13-20(14-12-19)24(28)26-23-10-6-9-22(18(23)2)25(29)32-3/h5-15H,16H2,1-4H3,(H,26,28). The fraction of sp³-hybridized carbons (Fsp3) is 0.200. The van der Waals surface area contributed by atoms with Gasteiger partial charge in [0.25, 0.3) is 5.91 Å². The third kappa shape index (κ3) is 5.78. The average molecular weight is 467 g/mol. The van der Waals surface area contributed by atoms with Crippen molar-refractivity contribution in [3.63, 3.8) is 0 Å². The molecule has 3 aromatic carbocycles. The van der Waals surface area contributed by atoms with E-state index in [-0.39, 0.29) is 12.5 Å². The van der Waals surface area contributed by atoms with E-state index in [1.54, 1.807) is 55.5 Å². The van der Waals surface area contributed by atoms with Gasteiger partial charge in [0.05, 0.1) is 31.2 Å². The fourth-order valence-electron chi connectivity index (χ4n) is 3.41. The first kappa shape index (κ1) is 24.0. The summed E-state index contributed by atoms with van der Waals surface area (Å²) in [6.45, 7) is 3.78. The molecule has 0 fully saturated rings. The van der Waals surface area contributed by atoms with Crippen LogP contribution in [-0.4, -0.2) is 33.7 Å². The third-order valence-corrected chi connectivity index (χ3v) is 6.36. The lowest BCUT2D eigenvalue weighted by Crippen LogP contribution is -2.29. The third-order valence-electron chi connectivity index (χ3n) is 5.22. The van der Waals surface area contributed by atoms with Gasteiger partial charge in [-0.05, 0) is 66.9 Å². The molecular formula is C25H26N2O5S. The zero-order valence-electron chi connectivity index (χ0n) is 19.0. The quantitative estimate of drug-likeness (QED) is 0.524. The predicted octanol–water partition coefficient (Wildman–Crippen LogP) is 4.31. The van der Waals surface area contributed by atoms with Gasteiger partial charge in [-0.25, -0.2) is 13.2 Å².